The number of hydrogen-bond donors (Lipinski definition) is 1. The van der Waals surface area contributed by atoms with Gasteiger partial charge in [-0.2, -0.15) is 10.4 Å². The zero-order valence-electron chi connectivity index (χ0n) is 12.3. The lowest BCUT2D eigenvalue weighted by atomic mass is 10.1. The largest absolute Gasteiger partial charge is 0.310 e. The number of rotatable bonds is 2. The van der Waals surface area contributed by atoms with E-state index in [1.165, 1.54) is 6.42 Å². The molecule has 0 bridgehead atoms. The maximum absolute atomic E-state index is 9.52. The molecule has 0 radical (unpaired) electrons. The van der Waals surface area contributed by atoms with Crippen LogP contribution in [0, 0.1) is 25.2 Å². The average molecular weight is 282 g/mol. The van der Waals surface area contributed by atoms with E-state index in [0.717, 1.165) is 48.6 Å². The highest BCUT2D eigenvalue weighted by molar-refractivity contribution is 5.88. The summed E-state index contributed by atoms with van der Waals surface area (Å²) < 4.78 is 2.09. The fraction of sp³-hybridized carbons (Fsp3) is 0.467. The standard InChI is InChI=1S/C15H18N6/c1-10-13(11(2)18-17-10)8-12(9-16)15-20-19-14-6-4-3-5-7-21(14)15/h8H,3-7H2,1-2H3,(H,17,18). The Morgan fingerprint density at radius 2 is 2.14 bits per heavy atom. The van der Waals surface area contributed by atoms with Crippen LogP contribution in [0.4, 0.5) is 0 Å². The van der Waals surface area contributed by atoms with Crippen LogP contribution in [0.15, 0.2) is 0 Å². The van der Waals surface area contributed by atoms with Gasteiger partial charge >= 0.3 is 0 Å². The van der Waals surface area contributed by atoms with E-state index in [1.807, 2.05) is 19.9 Å². The molecule has 0 aromatic carbocycles. The van der Waals surface area contributed by atoms with Gasteiger partial charge in [0.1, 0.15) is 11.9 Å². The Hall–Kier alpha value is -2.42. The summed E-state index contributed by atoms with van der Waals surface area (Å²) in [5.74, 6) is 1.67. The molecule has 0 amide bonds. The summed E-state index contributed by atoms with van der Waals surface area (Å²) in [6.07, 6.45) is 6.25. The summed E-state index contributed by atoms with van der Waals surface area (Å²) in [4.78, 5) is 0. The van der Waals surface area contributed by atoms with Crippen molar-refractivity contribution in [2.24, 2.45) is 0 Å². The first kappa shape index (κ1) is 13.6. The first-order valence-electron chi connectivity index (χ1n) is 7.26. The van der Waals surface area contributed by atoms with Crippen LogP contribution >= 0.6 is 0 Å². The molecule has 0 fully saturated rings. The summed E-state index contributed by atoms with van der Waals surface area (Å²) in [7, 11) is 0. The summed E-state index contributed by atoms with van der Waals surface area (Å²) >= 11 is 0. The quantitative estimate of drug-likeness (QED) is 0.857. The minimum atomic E-state index is 0.545. The van der Waals surface area contributed by atoms with Gasteiger partial charge < -0.3 is 4.57 Å². The van der Waals surface area contributed by atoms with Crippen molar-refractivity contribution in [2.75, 3.05) is 0 Å². The fourth-order valence-corrected chi connectivity index (χ4v) is 2.75. The highest BCUT2D eigenvalue weighted by Crippen LogP contribution is 2.22. The molecule has 1 aliphatic heterocycles. The van der Waals surface area contributed by atoms with Crippen LogP contribution in [0.5, 0.6) is 0 Å². The molecule has 0 unspecified atom stereocenters. The van der Waals surface area contributed by atoms with Gasteiger partial charge in [0.05, 0.1) is 11.3 Å². The van der Waals surface area contributed by atoms with Gasteiger partial charge in [-0.15, -0.1) is 10.2 Å². The predicted octanol–water partition coefficient (Wildman–Crippen LogP) is 2.41. The SMILES string of the molecule is Cc1n[nH]c(C)c1C=C(C#N)c1nnc2n1CCCCC2. The molecular formula is C15H18N6. The van der Waals surface area contributed by atoms with E-state index in [2.05, 4.69) is 31.0 Å². The topological polar surface area (TPSA) is 83.2 Å². The molecule has 0 aliphatic carbocycles. The normalized spacial score (nSPS) is 15.4. The second-order valence-corrected chi connectivity index (χ2v) is 5.42. The Kier molecular flexibility index (Phi) is 3.57. The molecule has 3 heterocycles. The number of nitriles is 1. The monoisotopic (exact) mass is 282 g/mol. The number of fused-ring (bicyclic) bond motifs is 1. The first-order valence-corrected chi connectivity index (χ1v) is 7.26. The highest BCUT2D eigenvalue weighted by atomic mass is 15.3. The van der Waals surface area contributed by atoms with E-state index in [1.54, 1.807) is 0 Å². The molecule has 2 aromatic rings. The van der Waals surface area contributed by atoms with Gasteiger partial charge in [-0.05, 0) is 32.8 Å². The van der Waals surface area contributed by atoms with Gasteiger partial charge in [-0.3, -0.25) is 5.10 Å². The van der Waals surface area contributed by atoms with Crippen molar-refractivity contribution >= 4 is 11.6 Å². The molecule has 0 spiro atoms. The number of aryl methyl sites for hydroxylation is 3. The lowest BCUT2D eigenvalue weighted by Gasteiger charge is -2.05. The molecule has 3 rings (SSSR count). The van der Waals surface area contributed by atoms with Gasteiger partial charge in [0, 0.05) is 24.2 Å². The van der Waals surface area contributed by atoms with Gasteiger partial charge in [0.15, 0.2) is 5.82 Å². The lowest BCUT2D eigenvalue weighted by molar-refractivity contribution is 0.627. The van der Waals surface area contributed by atoms with Crippen LogP contribution in [0.3, 0.4) is 0 Å². The fourth-order valence-electron chi connectivity index (χ4n) is 2.75. The van der Waals surface area contributed by atoms with Gasteiger partial charge in [0.25, 0.3) is 0 Å². The number of aromatic amines is 1. The summed E-state index contributed by atoms with van der Waals surface area (Å²) in [6.45, 7) is 4.76. The second-order valence-electron chi connectivity index (χ2n) is 5.42. The summed E-state index contributed by atoms with van der Waals surface area (Å²) in [5.41, 5.74) is 3.34. The minimum Gasteiger partial charge on any atom is -0.310 e. The zero-order chi connectivity index (χ0) is 14.8. The van der Waals surface area contributed by atoms with Crippen molar-refractivity contribution in [3.63, 3.8) is 0 Å². The number of nitrogens with one attached hydrogen (secondary N) is 1. The molecule has 2 aromatic heterocycles. The smallest absolute Gasteiger partial charge is 0.174 e. The minimum absolute atomic E-state index is 0.545. The van der Waals surface area contributed by atoms with Gasteiger partial charge in [-0.25, -0.2) is 0 Å². The van der Waals surface area contributed by atoms with E-state index >= 15 is 0 Å². The molecule has 6 heteroatoms. The van der Waals surface area contributed by atoms with E-state index in [4.69, 9.17) is 0 Å². The summed E-state index contributed by atoms with van der Waals surface area (Å²) in [6, 6.07) is 2.26. The highest BCUT2D eigenvalue weighted by Gasteiger charge is 2.18. The predicted molar refractivity (Wildman–Crippen MR) is 79.1 cm³/mol. The number of H-pyrrole nitrogens is 1. The Morgan fingerprint density at radius 1 is 1.29 bits per heavy atom. The van der Waals surface area contributed by atoms with Crippen LogP contribution in [-0.2, 0) is 13.0 Å². The molecular weight excluding hydrogens is 264 g/mol. The van der Waals surface area contributed by atoms with Crippen molar-refractivity contribution in [2.45, 2.75) is 46.1 Å². The first-order chi connectivity index (χ1) is 10.2. The van der Waals surface area contributed by atoms with Crippen LogP contribution in [-0.4, -0.2) is 25.0 Å². The number of nitrogens with zero attached hydrogens (tertiary/aromatic N) is 5. The zero-order valence-corrected chi connectivity index (χ0v) is 12.3. The Balaban J connectivity index is 2.06. The molecule has 108 valence electrons. The van der Waals surface area contributed by atoms with Crippen molar-refractivity contribution in [1.29, 1.82) is 5.26 Å². The third-order valence-electron chi connectivity index (χ3n) is 3.94. The lowest BCUT2D eigenvalue weighted by Crippen LogP contribution is -2.05. The van der Waals surface area contributed by atoms with Crippen molar-refractivity contribution in [3.8, 4) is 6.07 Å². The molecule has 21 heavy (non-hydrogen) atoms. The van der Waals surface area contributed by atoms with E-state index in [0.29, 0.717) is 11.4 Å². The van der Waals surface area contributed by atoms with Crippen LogP contribution in [0.25, 0.3) is 11.6 Å². The van der Waals surface area contributed by atoms with Crippen LogP contribution in [0.1, 0.15) is 47.9 Å². The van der Waals surface area contributed by atoms with Crippen LogP contribution < -0.4 is 0 Å². The maximum atomic E-state index is 9.52. The molecule has 0 saturated carbocycles. The Labute approximate surface area is 123 Å². The third-order valence-corrected chi connectivity index (χ3v) is 3.94. The number of allylic oxidation sites excluding steroid dienone is 1. The number of hydrogen-bond acceptors (Lipinski definition) is 4. The summed E-state index contributed by atoms with van der Waals surface area (Å²) in [5, 5.41) is 25.1. The molecule has 0 atom stereocenters. The Bertz CT molecular complexity index is 708. The molecule has 1 aliphatic rings. The van der Waals surface area contributed by atoms with Gasteiger partial charge in [0.2, 0.25) is 0 Å². The number of aromatic nitrogens is 5. The maximum Gasteiger partial charge on any atom is 0.174 e. The van der Waals surface area contributed by atoms with E-state index in [9.17, 15) is 5.26 Å². The van der Waals surface area contributed by atoms with E-state index < -0.39 is 0 Å². The molecule has 1 N–H and O–H groups in total. The third kappa shape index (κ3) is 2.47. The second kappa shape index (κ2) is 5.52. The van der Waals surface area contributed by atoms with Gasteiger partial charge in [-0.1, -0.05) is 6.42 Å². The molecule has 6 nitrogen and oxygen atoms in total. The Morgan fingerprint density at radius 3 is 2.86 bits per heavy atom. The van der Waals surface area contributed by atoms with Crippen molar-refractivity contribution < 1.29 is 0 Å². The van der Waals surface area contributed by atoms with E-state index in [-0.39, 0.29) is 0 Å². The van der Waals surface area contributed by atoms with Crippen molar-refractivity contribution in [3.05, 3.63) is 28.6 Å². The molecule has 0 saturated heterocycles. The average Bonchev–Trinajstić information content (AvgIpc) is 2.92. The van der Waals surface area contributed by atoms with Crippen LogP contribution in [0.2, 0.25) is 0 Å². The van der Waals surface area contributed by atoms with Crippen molar-refractivity contribution in [1.82, 2.24) is 25.0 Å².